The Bertz CT molecular complexity index is 676. The van der Waals surface area contributed by atoms with Gasteiger partial charge in [0.1, 0.15) is 0 Å². The largest absolute Gasteiger partial charge is 0.381 e. The van der Waals surface area contributed by atoms with Crippen molar-refractivity contribution in [2.75, 3.05) is 13.2 Å². The van der Waals surface area contributed by atoms with E-state index in [9.17, 15) is 4.79 Å². The minimum Gasteiger partial charge on any atom is -0.381 e. The average Bonchev–Trinajstić information content (AvgIpc) is 3.15. The maximum atomic E-state index is 12.6. The molecule has 0 atom stereocenters. The maximum absolute atomic E-state index is 12.6. The number of rotatable bonds is 6. The van der Waals surface area contributed by atoms with Crippen LogP contribution in [0.3, 0.4) is 0 Å². The fourth-order valence-electron chi connectivity index (χ4n) is 3.24. The smallest absolute Gasteiger partial charge is 0.225 e. The number of aromatic nitrogens is 4. The van der Waals surface area contributed by atoms with Crippen molar-refractivity contribution in [1.29, 1.82) is 0 Å². The number of nitrogens with one attached hydrogen (secondary N) is 2. The lowest BCUT2D eigenvalue weighted by Crippen LogP contribution is -2.38. The molecule has 25 heavy (non-hydrogen) atoms. The molecule has 0 bridgehead atoms. The molecular formula is C18H25N5O2. The molecule has 0 saturated carbocycles. The summed E-state index contributed by atoms with van der Waals surface area (Å²) in [6, 6.07) is 7.80. The fraction of sp³-hybridized carbons (Fsp3) is 0.556. The summed E-state index contributed by atoms with van der Waals surface area (Å²) in [4.78, 5) is 12.6. The molecule has 1 amide bonds. The molecule has 2 heterocycles. The van der Waals surface area contributed by atoms with Gasteiger partial charge in [0.25, 0.3) is 0 Å². The van der Waals surface area contributed by atoms with Gasteiger partial charge in [-0.25, -0.2) is 0 Å². The van der Waals surface area contributed by atoms with E-state index in [0.29, 0.717) is 18.3 Å². The number of aromatic amines is 1. The number of ether oxygens (including phenoxy) is 1. The van der Waals surface area contributed by atoms with E-state index in [1.807, 2.05) is 38.1 Å². The normalized spacial score (nSPS) is 15.9. The number of nitrogens with zero attached hydrogens (tertiary/aromatic N) is 3. The zero-order chi connectivity index (χ0) is 17.7. The first-order valence-corrected chi connectivity index (χ1v) is 8.73. The van der Waals surface area contributed by atoms with Gasteiger partial charge in [0.05, 0.1) is 0 Å². The SMILES string of the molecule is CC(C)(CC1CCOCC1)C(=O)NCc1ccc(-c2nn[nH]n2)cc1. The number of hydrogen-bond donors (Lipinski definition) is 2. The Hall–Kier alpha value is -2.28. The number of benzene rings is 1. The molecule has 0 aliphatic carbocycles. The molecule has 7 heteroatoms. The number of amides is 1. The molecule has 1 aromatic carbocycles. The minimum atomic E-state index is -0.368. The van der Waals surface area contributed by atoms with Crippen molar-refractivity contribution >= 4 is 5.91 Å². The third-order valence-corrected chi connectivity index (χ3v) is 4.77. The summed E-state index contributed by atoms with van der Waals surface area (Å²) in [7, 11) is 0. The van der Waals surface area contributed by atoms with E-state index < -0.39 is 0 Å². The molecule has 0 spiro atoms. The molecule has 2 N–H and O–H groups in total. The van der Waals surface area contributed by atoms with Gasteiger partial charge in [0.15, 0.2) is 0 Å². The molecule has 3 rings (SSSR count). The summed E-state index contributed by atoms with van der Waals surface area (Å²) >= 11 is 0. The van der Waals surface area contributed by atoms with Crippen LogP contribution in [-0.4, -0.2) is 39.7 Å². The van der Waals surface area contributed by atoms with Crippen LogP contribution in [0, 0.1) is 11.3 Å². The topological polar surface area (TPSA) is 92.8 Å². The Labute approximate surface area is 147 Å². The Balaban J connectivity index is 1.52. The number of H-pyrrole nitrogens is 1. The zero-order valence-electron chi connectivity index (χ0n) is 14.8. The van der Waals surface area contributed by atoms with Crippen molar-refractivity contribution in [3.8, 4) is 11.4 Å². The third kappa shape index (κ3) is 4.63. The first-order chi connectivity index (χ1) is 12.0. The molecule has 1 fully saturated rings. The van der Waals surface area contributed by atoms with Gasteiger partial charge in [-0.3, -0.25) is 4.79 Å². The lowest BCUT2D eigenvalue weighted by Gasteiger charge is -2.30. The highest BCUT2D eigenvalue weighted by atomic mass is 16.5. The van der Waals surface area contributed by atoms with Crippen LogP contribution in [0.25, 0.3) is 11.4 Å². The quantitative estimate of drug-likeness (QED) is 0.840. The van der Waals surface area contributed by atoms with Crippen LogP contribution in [-0.2, 0) is 16.1 Å². The van der Waals surface area contributed by atoms with Gasteiger partial charge in [-0.2, -0.15) is 5.21 Å². The van der Waals surface area contributed by atoms with Crippen LogP contribution in [0.15, 0.2) is 24.3 Å². The molecule has 1 aromatic heterocycles. The Morgan fingerprint density at radius 1 is 1.28 bits per heavy atom. The molecule has 1 aliphatic heterocycles. The monoisotopic (exact) mass is 343 g/mol. The highest BCUT2D eigenvalue weighted by Gasteiger charge is 2.31. The van der Waals surface area contributed by atoms with Crippen molar-refractivity contribution in [2.24, 2.45) is 11.3 Å². The van der Waals surface area contributed by atoms with Crippen LogP contribution < -0.4 is 5.32 Å². The van der Waals surface area contributed by atoms with E-state index >= 15 is 0 Å². The summed E-state index contributed by atoms with van der Waals surface area (Å²) in [5, 5.41) is 17.0. The molecular weight excluding hydrogens is 318 g/mol. The predicted molar refractivity (Wildman–Crippen MR) is 93.4 cm³/mol. The van der Waals surface area contributed by atoms with Crippen molar-refractivity contribution in [3.05, 3.63) is 29.8 Å². The Morgan fingerprint density at radius 2 is 2.00 bits per heavy atom. The van der Waals surface area contributed by atoms with Crippen LogP contribution in [0.5, 0.6) is 0 Å². The van der Waals surface area contributed by atoms with E-state index in [1.54, 1.807) is 0 Å². The van der Waals surface area contributed by atoms with E-state index in [-0.39, 0.29) is 11.3 Å². The molecule has 0 unspecified atom stereocenters. The van der Waals surface area contributed by atoms with Crippen LogP contribution in [0.4, 0.5) is 0 Å². The van der Waals surface area contributed by atoms with E-state index in [4.69, 9.17) is 4.74 Å². The van der Waals surface area contributed by atoms with Crippen molar-refractivity contribution in [2.45, 2.75) is 39.7 Å². The van der Waals surface area contributed by atoms with Crippen molar-refractivity contribution in [1.82, 2.24) is 25.9 Å². The standard InChI is InChI=1S/C18H25N5O2/c1-18(2,11-13-7-9-25-10-8-13)17(24)19-12-14-3-5-15(6-4-14)16-20-22-23-21-16/h3-6,13H,7-12H2,1-2H3,(H,19,24)(H,20,21,22,23). The first-order valence-electron chi connectivity index (χ1n) is 8.73. The molecule has 134 valence electrons. The molecule has 2 aromatic rings. The highest BCUT2D eigenvalue weighted by molar-refractivity contribution is 5.81. The Morgan fingerprint density at radius 3 is 2.64 bits per heavy atom. The van der Waals surface area contributed by atoms with Crippen LogP contribution in [0.2, 0.25) is 0 Å². The highest BCUT2D eigenvalue weighted by Crippen LogP contribution is 2.31. The Kier molecular flexibility index (Phi) is 5.43. The molecule has 0 radical (unpaired) electrons. The lowest BCUT2D eigenvalue weighted by atomic mass is 9.79. The summed E-state index contributed by atoms with van der Waals surface area (Å²) in [6.07, 6.45) is 3.00. The number of carbonyl (C=O) groups is 1. The van der Waals surface area contributed by atoms with Gasteiger partial charge in [0, 0.05) is 30.7 Å². The van der Waals surface area contributed by atoms with Gasteiger partial charge < -0.3 is 10.1 Å². The predicted octanol–water partition coefficient (Wildman–Crippen LogP) is 2.33. The first kappa shape index (κ1) is 17.5. The van der Waals surface area contributed by atoms with Crippen LogP contribution in [0.1, 0.15) is 38.7 Å². The van der Waals surface area contributed by atoms with Gasteiger partial charge in [0.2, 0.25) is 11.7 Å². The van der Waals surface area contributed by atoms with Gasteiger partial charge in [-0.15, -0.1) is 10.2 Å². The van der Waals surface area contributed by atoms with Gasteiger partial charge >= 0.3 is 0 Å². The average molecular weight is 343 g/mol. The summed E-state index contributed by atoms with van der Waals surface area (Å²) in [5.41, 5.74) is 1.57. The van der Waals surface area contributed by atoms with Gasteiger partial charge in [-0.1, -0.05) is 38.1 Å². The lowest BCUT2D eigenvalue weighted by molar-refractivity contribution is -0.130. The second-order valence-electron chi connectivity index (χ2n) is 7.26. The summed E-state index contributed by atoms with van der Waals surface area (Å²) < 4.78 is 5.40. The van der Waals surface area contributed by atoms with E-state index in [0.717, 1.165) is 43.6 Å². The second kappa shape index (κ2) is 7.74. The number of carbonyl (C=O) groups excluding carboxylic acids is 1. The third-order valence-electron chi connectivity index (χ3n) is 4.77. The van der Waals surface area contributed by atoms with Crippen molar-refractivity contribution < 1.29 is 9.53 Å². The maximum Gasteiger partial charge on any atom is 0.225 e. The summed E-state index contributed by atoms with van der Waals surface area (Å²) in [5.74, 6) is 1.23. The number of tetrazole rings is 1. The van der Waals surface area contributed by atoms with Gasteiger partial charge in [-0.05, 0) is 36.0 Å². The molecule has 1 saturated heterocycles. The fourth-order valence-corrected chi connectivity index (χ4v) is 3.24. The summed E-state index contributed by atoms with van der Waals surface area (Å²) in [6.45, 7) is 6.20. The van der Waals surface area contributed by atoms with E-state index in [2.05, 4.69) is 25.9 Å². The minimum absolute atomic E-state index is 0.0984. The second-order valence-corrected chi connectivity index (χ2v) is 7.26. The van der Waals surface area contributed by atoms with Crippen molar-refractivity contribution in [3.63, 3.8) is 0 Å². The zero-order valence-corrected chi connectivity index (χ0v) is 14.8. The molecule has 7 nitrogen and oxygen atoms in total. The van der Waals surface area contributed by atoms with E-state index in [1.165, 1.54) is 0 Å². The molecule has 1 aliphatic rings. The van der Waals surface area contributed by atoms with Crippen LogP contribution >= 0.6 is 0 Å². The number of hydrogen-bond acceptors (Lipinski definition) is 5.